The first-order chi connectivity index (χ1) is 11.6. The standard InChI is InChI=1S/C18H24N2O4.ClH/c1-24-16-6-2-13(3-7-16)10-20(15-4-5-15)17(21)12-19-9-8-14(11-19)18(22)23;/h2-3,6-7,14-15H,4-5,8-12H2,1H3,(H,22,23);1H. The van der Waals surface area contributed by atoms with Gasteiger partial charge in [-0.2, -0.15) is 0 Å². The molecule has 2 aliphatic rings. The Kier molecular flexibility index (Phi) is 6.67. The van der Waals surface area contributed by atoms with Crippen molar-refractivity contribution in [2.24, 2.45) is 5.92 Å². The van der Waals surface area contributed by atoms with Gasteiger partial charge in [-0.15, -0.1) is 12.4 Å². The van der Waals surface area contributed by atoms with Crippen LogP contribution in [0.1, 0.15) is 24.8 Å². The van der Waals surface area contributed by atoms with Crippen molar-refractivity contribution in [1.82, 2.24) is 9.80 Å². The summed E-state index contributed by atoms with van der Waals surface area (Å²) in [5.41, 5.74) is 1.08. The van der Waals surface area contributed by atoms with Gasteiger partial charge in [0.25, 0.3) is 0 Å². The number of amides is 1. The minimum atomic E-state index is -0.762. The Hall–Kier alpha value is -1.79. The topological polar surface area (TPSA) is 70.1 Å². The zero-order valence-electron chi connectivity index (χ0n) is 14.4. The molecule has 0 bridgehead atoms. The molecule has 25 heavy (non-hydrogen) atoms. The fraction of sp³-hybridized carbons (Fsp3) is 0.556. The molecule has 1 aliphatic carbocycles. The fourth-order valence-electron chi connectivity index (χ4n) is 3.19. The van der Waals surface area contributed by atoms with E-state index in [1.165, 1.54) is 0 Å². The lowest BCUT2D eigenvalue weighted by Gasteiger charge is -2.25. The first kappa shape index (κ1) is 19.5. The van der Waals surface area contributed by atoms with Gasteiger partial charge in [-0.05, 0) is 43.5 Å². The van der Waals surface area contributed by atoms with Crippen LogP contribution in [0.3, 0.4) is 0 Å². The first-order valence-electron chi connectivity index (χ1n) is 8.44. The average Bonchev–Trinajstić information content (AvgIpc) is 3.31. The second kappa shape index (κ2) is 8.54. The molecule has 0 aromatic heterocycles. The second-order valence-electron chi connectivity index (χ2n) is 6.66. The zero-order chi connectivity index (χ0) is 17.1. The van der Waals surface area contributed by atoms with E-state index in [2.05, 4.69) is 0 Å². The highest BCUT2D eigenvalue weighted by atomic mass is 35.5. The number of likely N-dealkylation sites (tertiary alicyclic amines) is 1. The van der Waals surface area contributed by atoms with Gasteiger partial charge in [-0.25, -0.2) is 0 Å². The maximum Gasteiger partial charge on any atom is 0.307 e. The van der Waals surface area contributed by atoms with E-state index in [4.69, 9.17) is 9.84 Å². The number of carbonyl (C=O) groups excluding carboxylic acids is 1. The summed E-state index contributed by atoms with van der Waals surface area (Å²) in [6, 6.07) is 8.11. The van der Waals surface area contributed by atoms with Crippen molar-refractivity contribution in [3.8, 4) is 5.75 Å². The smallest absolute Gasteiger partial charge is 0.307 e. The highest BCUT2D eigenvalue weighted by molar-refractivity contribution is 5.85. The lowest BCUT2D eigenvalue weighted by molar-refractivity contribution is -0.141. The molecule has 1 aromatic rings. The van der Waals surface area contributed by atoms with Crippen LogP contribution in [-0.4, -0.2) is 59.6 Å². The van der Waals surface area contributed by atoms with Crippen molar-refractivity contribution in [2.45, 2.75) is 31.8 Å². The van der Waals surface area contributed by atoms with Crippen molar-refractivity contribution in [3.05, 3.63) is 29.8 Å². The van der Waals surface area contributed by atoms with Gasteiger partial charge in [0, 0.05) is 19.1 Å². The van der Waals surface area contributed by atoms with Crippen LogP contribution in [0.15, 0.2) is 24.3 Å². The summed E-state index contributed by atoms with van der Waals surface area (Å²) < 4.78 is 5.16. The lowest BCUT2D eigenvalue weighted by Crippen LogP contribution is -2.40. The van der Waals surface area contributed by atoms with Gasteiger partial charge in [0.15, 0.2) is 0 Å². The van der Waals surface area contributed by atoms with Gasteiger partial charge < -0.3 is 14.7 Å². The molecule has 1 amide bonds. The molecule has 1 N–H and O–H groups in total. The molecule has 7 heteroatoms. The van der Waals surface area contributed by atoms with Crippen molar-refractivity contribution in [2.75, 3.05) is 26.7 Å². The predicted octanol–water partition coefficient (Wildman–Crippen LogP) is 2.01. The minimum Gasteiger partial charge on any atom is -0.497 e. The maximum atomic E-state index is 12.7. The summed E-state index contributed by atoms with van der Waals surface area (Å²) in [6.45, 7) is 2.08. The Balaban J connectivity index is 0.00000225. The Labute approximate surface area is 154 Å². The number of nitrogens with zero attached hydrogens (tertiary/aromatic N) is 2. The van der Waals surface area contributed by atoms with Crippen LogP contribution in [0.5, 0.6) is 5.75 Å². The van der Waals surface area contributed by atoms with Gasteiger partial charge in [0.1, 0.15) is 5.75 Å². The number of ether oxygens (including phenoxy) is 1. The van der Waals surface area contributed by atoms with E-state index in [9.17, 15) is 9.59 Å². The normalized spacial score (nSPS) is 20.0. The molecule has 1 heterocycles. The number of hydrogen-bond acceptors (Lipinski definition) is 4. The molecule has 1 aliphatic heterocycles. The Morgan fingerprint density at radius 2 is 1.92 bits per heavy atom. The predicted molar refractivity (Wildman–Crippen MR) is 96.0 cm³/mol. The molecular formula is C18H25ClN2O4. The number of hydrogen-bond donors (Lipinski definition) is 1. The zero-order valence-corrected chi connectivity index (χ0v) is 15.2. The largest absolute Gasteiger partial charge is 0.497 e. The summed E-state index contributed by atoms with van der Waals surface area (Å²) in [4.78, 5) is 27.6. The fourth-order valence-corrected chi connectivity index (χ4v) is 3.19. The van der Waals surface area contributed by atoms with Gasteiger partial charge in [0.2, 0.25) is 5.91 Å². The van der Waals surface area contributed by atoms with E-state index in [1.807, 2.05) is 34.1 Å². The molecule has 1 saturated heterocycles. The van der Waals surface area contributed by atoms with E-state index in [0.29, 0.717) is 38.6 Å². The maximum absolute atomic E-state index is 12.7. The Bertz CT molecular complexity index is 604. The Morgan fingerprint density at radius 3 is 2.44 bits per heavy atom. The highest BCUT2D eigenvalue weighted by Gasteiger charge is 2.35. The molecular weight excluding hydrogens is 344 g/mol. The number of carboxylic acid groups (broad SMARTS) is 1. The summed E-state index contributed by atoms with van der Waals surface area (Å²) >= 11 is 0. The van der Waals surface area contributed by atoms with E-state index < -0.39 is 5.97 Å². The van der Waals surface area contributed by atoms with E-state index in [1.54, 1.807) is 7.11 Å². The summed E-state index contributed by atoms with van der Waals surface area (Å²) in [7, 11) is 1.63. The molecule has 3 rings (SSSR count). The summed E-state index contributed by atoms with van der Waals surface area (Å²) in [5.74, 6) is -0.199. The van der Waals surface area contributed by atoms with Crippen LogP contribution in [-0.2, 0) is 16.1 Å². The quantitative estimate of drug-likeness (QED) is 0.797. The number of aliphatic carboxylic acids is 1. The Morgan fingerprint density at radius 1 is 1.24 bits per heavy atom. The number of carboxylic acids is 1. The number of carbonyl (C=O) groups is 2. The van der Waals surface area contributed by atoms with Crippen LogP contribution in [0.25, 0.3) is 0 Å². The molecule has 1 aromatic carbocycles. The molecule has 0 spiro atoms. The molecule has 0 radical (unpaired) electrons. The average molecular weight is 369 g/mol. The van der Waals surface area contributed by atoms with Crippen LogP contribution in [0, 0.1) is 5.92 Å². The monoisotopic (exact) mass is 368 g/mol. The molecule has 6 nitrogen and oxygen atoms in total. The molecule has 1 atom stereocenters. The number of benzene rings is 1. The SMILES string of the molecule is COc1ccc(CN(C(=O)CN2CCC(C(=O)O)C2)C2CC2)cc1.Cl. The van der Waals surface area contributed by atoms with Crippen LogP contribution in [0.2, 0.25) is 0 Å². The van der Waals surface area contributed by atoms with E-state index in [0.717, 1.165) is 24.2 Å². The first-order valence-corrected chi connectivity index (χ1v) is 8.44. The summed E-state index contributed by atoms with van der Waals surface area (Å²) in [6.07, 6.45) is 2.74. The van der Waals surface area contributed by atoms with Crippen molar-refractivity contribution in [3.63, 3.8) is 0 Å². The third-order valence-corrected chi connectivity index (χ3v) is 4.80. The van der Waals surface area contributed by atoms with Crippen LogP contribution in [0.4, 0.5) is 0 Å². The van der Waals surface area contributed by atoms with Crippen molar-refractivity contribution in [1.29, 1.82) is 0 Å². The van der Waals surface area contributed by atoms with Crippen molar-refractivity contribution < 1.29 is 19.4 Å². The van der Waals surface area contributed by atoms with Gasteiger partial charge in [0.05, 0.1) is 19.6 Å². The molecule has 138 valence electrons. The number of rotatable bonds is 7. The number of halogens is 1. The third-order valence-electron chi connectivity index (χ3n) is 4.80. The molecule has 1 unspecified atom stereocenters. The van der Waals surface area contributed by atoms with Gasteiger partial charge in [-0.3, -0.25) is 14.5 Å². The van der Waals surface area contributed by atoms with Crippen molar-refractivity contribution >= 4 is 24.3 Å². The number of methoxy groups -OCH3 is 1. The lowest BCUT2D eigenvalue weighted by atomic mass is 10.1. The summed E-state index contributed by atoms with van der Waals surface area (Å²) in [5, 5.41) is 9.08. The third kappa shape index (κ3) is 5.09. The van der Waals surface area contributed by atoms with Crippen LogP contribution >= 0.6 is 12.4 Å². The van der Waals surface area contributed by atoms with Gasteiger partial charge in [-0.1, -0.05) is 12.1 Å². The van der Waals surface area contributed by atoms with E-state index in [-0.39, 0.29) is 24.2 Å². The van der Waals surface area contributed by atoms with Crippen LogP contribution < -0.4 is 4.74 Å². The second-order valence-corrected chi connectivity index (χ2v) is 6.66. The van der Waals surface area contributed by atoms with Gasteiger partial charge >= 0.3 is 5.97 Å². The highest BCUT2D eigenvalue weighted by Crippen LogP contribution is 2.29. The molecule has 2 fully saturated rings. The molecule has 1 saturated carbocycles. The van der Waals surface area contributed by atoms with E-state index >= 15 is 0 Å². The minimum absolute atomic E-state index is 0.